The average molecular weight is 328 g/mol. The van der Waals surface area contributed by atoms with Gasteiger partial charge in [0.2, 0.25) is 5.91 Å². The predicted octanol–water partition coefficient (Wildman–Crippen LogP) is 3.52. The summed E-state index contributed by atoms with van der Waals surface area (Å²) in [5.41, 5.74) is -0.665. The summed E-state index contributed by atoms with van der Waals surface area (Å²) in [5, 5.41) is 9.34. The number of carbonyl (C=O) groups excluding carboxylic acids is 1. The summed E-state index contributed by atoms with van der Waals surface area (Å²) in [4.78, 5) is 26.1. The van der Waals surface area contributed by atoms with Crippen molar-refractivity contribution < 1.29 is 14.7 Å². The van der Waals surface area contributed by atoms with Crippen molar-refractivity contribution in [3.05, 3.63) is 27.4 Å². The Morgan fingerprint density at radius 2 is 2.10 bits per heavy atom. The summed E-state index contributed by atoms with van der Waals surface area (Å²) in [6.45, 7) is 2.88. The summed E-state index contributed by atoms with van der Waals surface area (Å²) in [6, 6.07) is 3.65. The van der Waals surface area contributed by atoms with Crippen LogP contribution in [0.15, 0.2) is 18.2 Å². The Balaban J connectivity index is 1.94. The van der Waals surface area contributed by atoms with Crippen LogP contribution in [0.3, 0.4) is 0 Å². The lowest BCUT2D eigenvalue weighted by Gasteiger charge is -2.37. The molecule has 0 atom stereocenters. The van der Waals surface area contributed by atoms with Crippen molar-refractivity contribution in [1.82, 2.24) is 4.90 Å². The minimum Gasteiger partial charge on any atom is -0.481 e. The van der Waals surface area contributed by atoms with E-state index >= 15 is 0 Å². The maximum absolute atomic E-state index is 12.1. The van der Waals surface area contributed by atoms with E-state index in [0.717, 1.165) is 4.88 Å². The molecule has 21 heavy (non-hydrogen) atoms. The van der Waals surface area contributed by atoms with E-state index in [0.29, 0.717) is 36.7 Å². The van der Waals surface area contributed by atoms with E-state index in [1.807, 2.05) is 13.0 Å². The van der Waals surface area contributed by atoms with Gasteiger partial charge in [-0.15, -0.1) is 11.3 Å². The van der Waals surface area contributed by atoms with Gasteiger partial charge >= 0.3 is 5.97 Å². The van der Waals surface area contributed by atoms with Gasteiger partial charge in [0.05, 0.1) is 9.75 Å². The van der Waals surface area contributed by atoms with E-state index in [1.165, 1.54) is 17.4 Å². The standard InChI is InChI=1S/C15H18ClNO3S/c1-2-15(14(19)20)7-9-17(10-8-15)13(18)6-4-11-3-5-12(16)21-11/h3-6H,2,7-10H2,1H3,(H,19,20). The first-order chi connectivity index (χ1) is 9.97. The van der Waals surface area contributed by atoms with Crippen molar-refractivity contribution in [2.75, 3.05) is 13.1 Å². The highest BCUT2D eigenvalue weighted by molar-refractivity contribution is 7.17. The quantitative estimate of drug-likeness (QED) is 0.861. The third-order valence-electron chi connectivity index (χ3n) is 4.15. The number of thiophene rings is 1. The summed E-state index contributed by atoms with van der Waals surface area (Å²) in [7, 11) is 0. The second-order valence-corrected chi connectivity index (χ2v) is 6.99. The van der Waals surface area contributed by atoms with Gasteiger partial charge in [-0.05, 0) is 37.5 Å². The Labute approximate surface area is 133 Å². The van der Waals surface area contributed by atoms with E-state index in [2.05, 4.69) is 0 Å². The van der Waals surface area contributed by atoms with E-state index < -0.39 is 11.4 Å². The van der Waals surface area contributed by atoms with Crippen LogP contribution in [0.5, 0.6) is 0 Å². The number of likely N-dealkylation sites (tertiary alicyclic amines) is 1. The van der Waals surface area contributed by atoms with Gasteiger partial charge in [0.1, 0.15) is 0 Å². The van der Waals surface area contributed by atoms with E-state index in [1.54, 1.807) is 17.0 Å². The molecule has 0 spiro atoms. The highest BCUT2D eigenvalue weighted by Crippen LogP contribution is 2.35. The molecule has 0 aliphatic carbocycles. The molecule has 0 radical (unpaired) electrons. The molecule has 2 heterocycles. The number of carboxylic acids is 1. The molecular weight excluding hydrogens is 310 g/mol. The lowest BCUT2D eigenvalue weighted by molar-refractivity contribution is -0.154. The Morgan fingerprint density at radius 3 is 2.57 bits per heavy atom. The Bertz CT molecular complexity index is 559. The third kappa shape index (κ3) is 3.66. The summed E-state index contributed by atoms with van der Waals surface area (Å²) in [5.74, 6) is -0.824. The van der Waals surface area contributed by atoms with Gasteiger partial charge in [0, 0.05) is 24.0 Å². The number of rotatable bonds is 4. The van der Waals surface area contributed by atoms with Crippen LogP contribution in [0.25, 0.3) is 6.08 Å². The fourth-order valence-corrected chi connectivity index (χ4v) is 3.51. The van der Waals surface area contributed by atoms with Crippen LogP contribution in [0, 0.1) is 5.41 Å². The molecule has 1 amide bonds. The van der Waals surface area contributed by atoms with Crippen LogP contribution in [0.4, 0.5) is 0 Å². The van der Waals surface area contributed by atoms with E-state index in [9.17, 15) is 14.7 Å². The maximum atomic E-state index is 12.1. The average Bonchev–Trinajstić information content (AvgIpc) is 2.90. The molecule has 0 bridgehead atoms. The smallest absolute Gasteiger partial charge is 0.309 e. The second kappa shape index (κ2) is 6.62. The molecule has 1 aromatic rings. The van der Waals surface area contributed by atoms with Crippen LogP contribution in [0.1, 0.15) is 31.1 Å². The number of amides is 1. The zero-order valence-corrected chi connectivity index (χ0v) is 13.4. The SMILES string of the molecule is CCC1(C(=O)O)CCN(C(=O)C=Cc2ccc(Cl)s2)CC1. The van der Waals surface area contributed by atoms with Crippen molar-refractivity contribution in [2.24, 2.45) is 5.41 Å². The molecule has 2 rings (SSSR count). The topological polar surface area (TPSA) is 57.6 Å². The number of halogens is 1. The number of aliphatic carboxylic acids is 1. The number of piperidine rings is 1. The predicted molar refractivity (Wildman–Crippen MR) is 84.5 cm³/mol. The minimum atomic E-state index is -0.749. The largest absolute Gasteiger partial charge is 0.481 e. The molecule has 0 saturated carbocycles. The van der Waals surface area contributed by atoms with Gasteiger partial charge in [0.15, 0.2) is 0 Å². The van der Waals surface area contributed by atoms with Crippen molar-refractivity contribution in [3.63, 3.8) is 0 Å². The first kappa shape index (κ1) is 16.0. The van der Waals surface area contributed by atoms with Crippen LogP contribution < -0.4 is 0 Å². The van der Waals surface area contributed by atoms with Gasteiger partial charge in [0.25, 0.3) is 0 Å². The highest BCUT2D eigenvalue weighted by atomic mass is 35.5. The summed E-state index contributed by atoms with van der Waals surface area (Å²) >= 11 is 7.25. The fourth-order valence-electron chi connectivity index (χ4n) is 2.55. The zero-order valence-electron chi connectivity index (χ0n) is 11.8. The Hall–Kier alpha value is -1.33. The molecule has 0 aromatic carbocycles. The molecule has 6 heteroatoms. The highest BCUT2D eigenvalue weighted by Gasteiger charge is 2.40. The maximum Gasteiger partial charge on any atom is 0.309 e. The van der Waals surface area contributed by atoms with Crippen LogP contribution in [-0.2, 0) is 9.59 Å². The van der Waals surface area contributed by atoms with Crippen molar-refractivity contribution in [1.29, 1.82) is 0 Å². The number of hydrogen-bond donors (Lipinski definition) is 1. The lowest BCUT2D eigenvalue weighted by atomic mass is 9.76. The molecule has 1 aliphatic heterocycles. The second-order valence-electron chi connectivity index (χ2n) is 5.24. The van der Waals surface area contributed by atoms with E-state index in [4.69, 9.17) is 11.6 Å². The van der Waals surface area contributed by atoms with Gasteiger partial charge in [-0.1, -0.05) is 18.5 Å². The Morgan fingerprint density at radius 1 is 1.43 bits per heavy atom. The fraction of sp³-hybridized carbons (Fsp3) is 0.467. The first-order valence-corrected chi connectivity index (χ1v) is 8.12. The van der Waals surface area contributed by atoms with Crippen molar-refractivity contribution in [2.45, 2.75) is 26.2 Å². The van der Waals surface area contributed by atoms with Crippen LogP contribution >= 0.6 is 22.9 Å². The monoisotopic (exact) mass is 327 g/mol. The van der Waals surface area contributed by atoms with Gasteiger partial charge in [-0.25, -0.2) is 0 Å². The number of carbonyl (C=O) groups is 2. The number of carboxylic acid groups (broad SMARTS) is 1. The first-order valence-electron chi connectivity index (χ1n) is 6.92. The van der Waals surface area contributed by atoms with Gasteiger partial charge in [-0.3, -0.25) is 9.59 Å². The minimum absolute atomic E-state index is 0.0744. The van der Waals surface area contributed by atoms with E-state index in [-0.39, 0.29) is 5.91 Å². The van der Waals surface area contributed by atoms with Crippen molar-refractivity contribution >= 4 is 40.9 Å². The molecular formula is C15H18ClNO3S. The van der Waals surface area contributed by atoms with Crippen LogP contribution in [0.2, 0.25) is 4.34 Å². The molecule has 0 unspecified atom stereocenters. The van der Waals surface area contributed by atoms with Crippen molar-refractivity contribution in [3.8, 4) is 0 Å². The molecule has 1 fully saturated rings. The van der Waals surface area contributed by atoms with Gasteiger partial charge in [-0.2, -0.15) is 0 Å². The number of hydrogen-bond acceptors (Lipinski definition) is 3. The summed E-state index contributed by atoms with van der Waals surface area (Å²) in [6.07, 6.45) is 4.92. The molecule has 1 N–H and O–H groups in total. The molecule has 4 nitrogen and oxygen atoms in total. The normalized spacial score (nSPS) is 18.1. The Kier molecular flexibility index (Phi) is 5.06. The summed E-state index contributed by atoms with van der Waals surface area (Å²) < 4.78 is 0.689. The molecule has 114 valence electrons. The zero-order chi connectivity index (χ0) is 15.5. The van der Waals surface area contributed by atoms with Gasteiger partial charge < -0.3 is 10.0 Å². The molecule has 1 aromatic heterocycles. The van der Waals surface area contributed by atoms with Crippen LogP contribution in [-0.4, -0.2) is 35.0 Å². The number of nitrogens with zero attached hydrogens (tertiary/aromatic N) is 1. The third-order valence-corrected chi connectivity index (χ3v) is 5.34. The molecule has 1 aliphatic rings. The lowest BCUT2D eigenvalue weighted by Crippen LogP contribution is -2.45. The molecule has 1 saturated heterocycles.